The molecule has 0 radical (unpaired) electrons. The van der Waals surface area contributed by atoms with Crippen LogP contribution in [0.4, 0.5) is 14.5 Å². The molecule has 0 bridgehead atoms. The fourth-order valence-electron chi connectivity index (χ4n) is 4.88. The number of H-pyrrole nitrogens is 2. The van der Waals surface area contributed by atoms with Gasteiger partial charge in [0.15, 0.2) is 11.6 Å². The molecule has 1 amide bonds. The Morgan fingerprint density at radius 1 is 0.949 bits per heavy atom. The van der Waals surface area contributed by atoms with Gasteiger partial charge in [0, 0.05) is 34.8 Å². The Kier molecular flexibility index (Phi) is 5.39. The van der Waals surface area contributed by atoms with Crippen LogP contribution in [0.1, 0.15) is 19.3 Å². The molecule has 1 aliphatic carbocycles. The third-order valence-corrected chi connectivity index (χ3v) is 7.18. The number of anilines is 1. The number of hydrogen-bond donors (Lipinski definition) is 3. The van der Waals surface area contributed by atoms with E-state index in [1.54, 1.807) is 42.9 Å². The van der Waals surface area contributed by atoms with Crippen molar-refractivity contribution in [1.82, 2.24) is 30.1 Å². The molecular formula is C29H21F2N7O. The Bertz CT molecular complexity index is 1870. The summed E-state index contributed by atoms with van der Waals surface area (Å²) >= 11 is 0. The molecule has 0 saturated heterocycles. The second-order valence-electron chi connectivity index (χ2n) is 9.68. The van der Waals surface area contributed by atoms with E-state index in [9.17, 15) is 9.18 Å². The minimum Gasteiger partial charge on any atom is -0.337 e. The van der Waals surface area contributed by atoms with Crippen LogP contribution in [0.15, 0.2) is 67.1 Å². The highest BCUT2D eigenvalue weighted by atomic mass is 19.1. The number of nitrogens with zero attached hydrogens (tertiary/aromatic N) is 4. The van der Waals surface area contributed by atoms with Gasteiger partial charge in [0.1, 0.15) is 22.5 Å². The second kappa shape index (κ2) is 9.09. The number of rotatable bonds is 5. The van der Waals surface area contributed by atoms with Gasteiger partial charge >= 0.3 is 0 Å². The predicted octanol–water partition coefficient (Wildman–Crippen LogP) is 6.25. The van der Waals surface area contributed by atoms with E-state index in [0.29, 0.717) is 44.9 Å². The number of nitrogens with one attached hydrogen (secondary N) is 3. The Hall–Kier alpha value is -4.99. The quantitative estimate of drug-likeness (QED) is 0.248. The number of imidazole rings is 1. The second-order valence-corrected chi connectivity index (χ2v) is 9.68. The van der Waals surface area contributed by atoms with Crippen LogP contribution in [0.5, 0.6) is 0 Å². The fourth-order valence-corrected chi connectivity index (χ4v) is 4.88. The summed E-state index contributed by atoms with van der Waals surface area (Å²) in [5.41, 5.74) is 5.12. The van der Waals surface area contributed by atoms with Crippen LogP contribution in [0.2, 0.25) is 0 Å². The summed E-state index contributed by atoms with van der Waals surface area (Å²) in [4.78, 5) is 29.1. The first-order chi connectivity index (χ1) is 19.0. The van der Waals surface area contributed by atoms with Crippen molar-refractivity contribution < 1.29 is 13.6 Å². The summed E-state index contributed by atoms with van der Waals surface area (Å²) in [6.45, 7) is 0. The lowest BCUT2D eigenvalue weighted by atomic mass is 9.85. The Morgan fingerprint density at radius 2 is 1.79 bits per heavy atom. The summed E-state index contributed by atoms with van der Waals surface area (Å²) in [6.07, 6.45) is 7.72. The van der Waals surface area contributed by atoms with Gasteiger partial charge in [-0.05, 0) is 66.9 Å². The molecule has 192 valence electrons. The Labute approximate surface area is 220 Å². The lowest BCUT2D eigenvalue weighted by Gasteiger charge is -2.24. The van der Waals surface area contributed by atoms with Gasteiger partial charge in [0.2, 0.25) is 5.91 Å². The van der Waals surface area contributed by atoms with Crippen molar-refractivity contribution in [2.45, 2.75) is 19.3 Å². The normalized spacial score (nSPS) is 13.6. The molecule has 4 aromatic heterocycles. The largest absolute Gasteiger partial charge is 0.337 e. The molecule has 2 aromatic carbocycles. The topological polar surface area (TPSA) is 112 Å². The number of aromatic amines is 2. The van der Waals surface area contributed by atoms with E-state index in [1.165, 1.54) is 18.2 Å². The van der Waals surface area contributed by atoms with Gasteiger partial charge in [-0.2, -0.15) is 5.10 Å². The molecule has 7 rings (SSSR count). The Balaban J connectivity index is 1.29. The van der Waals surface area contributed by atoms with E-state index >= 15 is 4.39 Å². The molecule has 39 heavy (non-hydrogen) atoms. The summed E-state index contributed by atoms with van der Waals surface area (Å²) in [7, 11) is 0. The molecule has 10 heteroatoms. The van der Waals surface area contributed by atoms with Crippen molar-refractivity contribution in [3.05, 3.63) is 78.8 Å². The average molecular weight is 522 g/mol. The van der Waals surface area contributed by atoms with Crippen LogP contribution < -0.4 is 5.32 Å². The maximum atomic E-state index is 15.2. The number of pyridine rings is 2. The molecule has 8 nitrogen and oxygen atoms in total. The van der Waals surface area contributed by atoms with E-state index in [-0.39, 0.29) is 23.2 Å². The summed E-state index contributed by atoms with van der Waals surface area (Å²) in [5.74, 6) is -0.354. The van der Waals surface area contributed by atoms with E-state index in [0.717, 1.165) is 30.3 Å². The minimum atomic E-state index is -0.501. The van der Waals surface area contributed by atoms with E-state index in [1.807, 2.05) is 6.07 Å². The van der Waals surface area contributed by atoms with Crippen LogP contribution in [0, 0.1) is 17.6 Å². The maximum absolute atomic E-state index is 15.2. The molecule has 3 N–H and O–H groups in total. The maximum Gasteiger partial charge on any atom is 0.227 e. The highest BCUT2D eigenvalue weighted by Gasteiger charge is 2.25. The monoisotopic (exact) mass is 521 g/mol. The van der Waals surface area contributed by atoms with Crippen molar-refractivity contribution in [3.63, 3.8) is 0 Å². The number of fused-ring (bicyclic) bond motifs is 2. The number of amides is 1. The molecule has 0 unspecified atom stereocenters. The van der Waals surface area contributed by atoms with Crippen LogP contribution >= 0.6 is 0 Å². The number of aromatic nitrogens is 6. The molecule has 4 heterocycles. The highest BCUT2D eigenvalue weighted by molar-refractivity contribution is 5.98. The SMILES string of the molecule is O=C(Nc1cncc(-c2cc(F)c3n[nH]c(-c4nc5c(-c6ccc(F)cc6)nccc5[nH]4)c3c2)c1)C1CCC1. The molecular weight excluding hydrogens is 500 g/mol. The molecule has 1 fully saturated rings. The van der Waals surface area contributed by atoms with Gasteiger partial charge < -0.3 is 10.3 Å². The standard InChI is InChI=1S/C29H21F2N7O/c30-19-6-4-15(5-7-19)24-27-23(8-9-33-24)35-28(36-27)26-21-11-17(12-22(31)25(21)37-38-26)18-10-20(14-32-13-18)34-29(39)16-2-1-3-16/h4-14,16H,1-3H2,(H,34,39)(H,35,36)(H,37,38). The van der Waals surface area contributed by atoms with Crippen molar-refractivity contribution in [2.24, 2.45) is 5.92 Å². The van der Waals surface area contributed by atoms with Gasteiger partial charge in [-0.3, -0.25) is 19.9 Å². The highest BCUT2D eigenvalue weighted by Crippen LogP contribution is 2.34. The number of carbonyl (C=O) groups excluding carboxylic acids is 1. The van der Waals surface area contributed by atoms with Gasteiger partial charge in [-0.1, -0.05) is 6.42 Å². The summed E-state index contributed by atoms with van der Waals surface area (Å²) in [6, 6.07) is 12.8. The first-order valence-corrected chi connectivity index (χ1v) is 12.6. The summed E-state index contributed by atoms with van der Waals surface area (Å²) < 4.78 is 28.7. The number of hydrogen-bond acceptors (Lipinski definition) is 5. The number of halogens is 2. The van der Waals surface area contributed by atoms with Crippen LogP contribution in [0.3, 0.4) is 0 Å². The lowest BCUT2D eigenvalue weighted by Crippen LogP contribution is -2.28. The smallest absolute Gasteiger partial charge is 0.227 e. The van der Waals surface area contributed by atoms with E-state index in [4.69, 9.17) is 4.98 Å². The lowest BCUT2D eigenvalue weighted by molar-refractivity contribution is -0.122. The number of benzene rings is 2. The van der Waals surface area contributed by atoms with Gasteiger partial charge in [-0.15, -0.1) is 0 Å². The molecule has 1 aliphatic rings. The molecule has 0 atom stereocenters. The zero-order valence-corrected chi connectivity index (χ0v) is 20.5. The first-order valence-electron chi connectivity index (χ1n) is 12.6. The van der Waals surface area contributed by atoms with Gasteiger partial charge in [0.25, 0.3) is 0 Å². The van der Waals surface area contributed by atoms with E-state index in [2.05, 4.69) is 30.5 Å². The molecule has 1 saturated carbocycles. The van der Waals surface area contributed by atoms with Crippen LogP contribution in [-0.2, 0) is 4.79 Å². The van der Waals surface area contributed by atoms with Gasteiger partial charge in [0.05, 0.1) is 23.1 Å². The number of carbonyl (C=O) groups is 1. The predicted molar refractivity (Wildman–Crippen MR) is 144 cm³/mol. The first kappa shape index (κ1) is 23.2. The molecule has 6 aromatic rings. The van der Waals surface area contributed by atoms with Gasteiger partial charge in [-0.25, -0.2) is 13.8 Å². The minimum absolute atomic E-state index is 0.0154. The third kappa shape index (κ3) is 4.10. The zero-order valence-electron chi connectivity index (χ0n) is 20.5. The summed E-state index contributed by atoms with van der Waals surface area (Å²) in [5, 5.41) is 10.6. The molecule has 0 aliphatic heterocycles. The fraction of sp³-hybridized carbons (Fsp3) is 0.138. The van der Waals surface area contributed by atoms with Crippen molar-refractivity contribution in [3.8, 4) is 33.9 Å². The average Bonchev–Trinajstić information content (AvgIpc) is 3.53. The van der Waals surface area contributed by atoms with Crippen LogP contribution in [-0.4, -0.2) is 36.0 Å². The Morgan fingerprint density at radius 3 is 2.59 bits per heavy atom. The van der Waals surface area contributed by atoms with Crippen molar-refractivity contribution >= 4 is 33.5 Å². The van der Waals surface area contributed by atoms with Crippen molar-refractivity contribution in [1.29, 1.82) is 0 Å². The zero-order chi connectivity index (χ0) is 26.5. The van der Waals surface area contributed by atoms with E-state index < -0.39 is 5.82 Å². The van der Waals surface area contributed by atoms with Crippen molar-refractivity contribution in [2.75, 3.05) is 5.32 Å². The molecule has 0 spiro atoms. The van der Waals surface area contributed by atoms with Crippen LogP contribution in [0.25, 0.3) is 55.8 Å². The third-order valence-electron chi connectivity index (χ3n) is 7.18.